The number of anilines is 2. The number of pyridine rings is 1. The van der Waals surface area contributed by atoms with Gasteiger partial charge in [0.1, 0.15) is 22.4 Å². The molecule has 3 unspecified atom stereocenters. The Morgan fingerprint density at radius 2 is 2.00 bits per heavy atom. The molecule has 2 aliphatic carbocycles. The summed E-state index contributed by atoms with van der Waals surface area (Å²) in [5.41, 5.74) is -0.590. The van der Waals surface area contributed by atoms with Crippen LogP contribution in [0.5, 0.6) is 0 Å². The zero-order valence-corrected chi connectivity index (χ0v) is 21.9. The molecule has 2 aliphatic rings. The maximum absolute atomic E-state index is 11.5. The van der Waals surface area contributed by atoms with Crippen molar-refractivity contribution in [2.24, 2.45) is 11.3 Å². The minimum atomic E-state index is -1.66. The summed E-state index contributed by atoms with van der Waals surface area (Å²) in [7, 11) is 1.71. The van der Waals surface area contributed by atoms with Crippen molar-refractivity contribution in [2.75, 3.05) is 30.9 Å². The lowest BCUT2D eigenvalue weighted by Crippen LogP contribution is -2.51. The van der Waals surface area contributed by atoms with Gasteiger partial charge in [0.2, 0.25) is 5.95 Å². The van der Waals surface area contributed by atoms with E-state index in [0.717, 1.165) is 23.1 Å². The molecule has 3 heterocycles. The molecule has 0 aromatic carbocycles. The standard InChI is InChI=1S/C25H34N6O4S/c1-14-18(21-29-16-11-26-10-6-17(16)36-21)20(30-22(28-14)27-12-24(8-9-24)13-35-4)31-25(34)7-5-15(19(25)32)23(2,3)33/h6,10-11,15,19,32-34H,5,7-9,12-13H2,1-4H3,(H2,27,28,30,31). The molecule has 3 aromatic rings. The summed E-state index contributed by atoms with van der Waals surface area (Å²) in [6.45, 7) is 6.54. The van der Waals surface area contributed by atoms with Gasteiger partial charge in [0.25, 0.3) is 0 Å². The van der Waals surface area contributed by atoms with Crippen LogP contribution in [-0.2, 0) is 4.74 Å². The molecule has 2 fully saturated rings. The molecule has 5 rings (SSSR count). The van der Waals surface area contributed by atoms with Gasteiger partial charge in [-0.25, -0.2) is 9.97 Å². The highest BCUT2D eigenvalue weighted by atomic mass is 32.1. The van der Waals surface area contributed by atoms with E-state index in [-0.39, 0.29) is 11.8 Å². The van der Waals surface area contributed by atoms with Crippen molar-refractivity contribution in [3.05, 3.63) is 24.2 Å². The largest absolute Gasteiger partial charge is 0.390 e. The van der Waals surface area contributed by atoms with E-state index in [0.29, 0.717) is 47.6 Å². The van der Waals surface area contributed by atoms with Crippen molar-refractivity contribution < 1.29 is 20.1 Å². The van der Waals surface area contributed by atoms with Gasteiger partial charge < -0.3 is 30.7 Å². The average molecular weight is 515 g/mol. The first-order valence-corrected chi connectivity index (χ1v) is 13.1. The molecule has 0 saturated heterocycles. The van der Waals surface area contributed by atoms with Crippen molar-refractivity contribution >= 4 is 33.3 Å². The highest BCUT2D eigenvalue weighted by Gasteiger charge is 2.52. The van der Waals surface area contributed by atoms with Crippen LogP contribution in [0.4, 0.5) is 11.8 Å². The SMILES string of the molecule is COCC1(CNc2nc(C)c(-c3nc4cnccc4s3)c(NC3(O)CCC(C(C)(C)O)C3O)n2)CC1. The second-order valence-electron chi connectivity index (χ2n) is 10.8. The Bertz CT molecular complexity index is 1220. The summed E-state index contributed by atoms with van der Waals surface area (Å²) in [5, 5.41) is 40.2. The van der Waals surface area contributed by atoms with E-state index in [1.54, 1.807) is 33.4 Å². The summed E-state index contributed by atoms with van der Waals surface area (Å²) in [6.07, 6.45) is 5.14. The predicted molar refractivity (Wildman–Crippen MR) is 139 cm³/mol. The third-order valence-electron chi connectivity index (χ3n) is 7.47. The van der Waals surface area contributed by atoms with Gasteiger partial charge in [0.15, 0.2) is 5.72 Å². The van der Waals surface area contributed by atoms with Gasteiger partial charge in [0, 0.05) is 31.2 Å². The van der Waals surface area contributed by atoms with Crippen LogP contribution in [0.2, 0.25) is 0 Å². The molecule has 5 N–H and O–H groups in total. The lowest BCUT2D eigenvalue weighted by molar-refractivity contribution is -0.0926. The number of thiazole rings is 1. The fourth-order valence-electron chi connectivity index (χ4n) is 5.10. The first-order chi connectivity index (χ1) is 17.0. The van der Waals surface area contributed by atoms with E-state index in [2.05, 4.69) is 15.6 Å². The minimum Gasteiger partial charge on any atom is -0.390 e. The van der Waals surface area contributed by atoms with E-state index in [9.17, 15) is 15.3 Å². The Morgan fingerprint density at radius 3 is 2.64 bits per heavy atom. The first-order valence-electron chi connectivity index (χ1n) is 12.3. The molecule has 0 radical (unpaired) electrons. The van der Waals surface area contributed by atoms with Gasteiger partial charge in [-0.2, -0.15) is 4.98 Å². The lowest BCUT2D eigenvalue weighted by atomic mass is 9.87. The van der Waals surface area contributed by atoms with Crippen LogP contribution in [0.15, 0.2) is 18.5 Å². The fraction of sp³-hybridized carbons (Fsp3) is 0.600. The number of aliphatic hydroxyl groups is 3. The van der Waals surface area contributed by atoms with Crippen LogP contribution in [0.1, 0.15) is 45.2 Å². The molecule has 11 heteroatoms. The lowest BCUT2D eigenvalue weighted by Gasteiger charge is -2.34. The Kier molecular flexibility index (Phi) is 6.40. The van der Waals surface area contributed by atoms with E-state index in [1.807, 2.05) is 13.0 Å². The third-order valence-corrected chi connectivity index (χ3v) is 8.53. The second kappa shape index (κ2) is 9.14. The summed E-state index contributed by atoms with van der Waals surface area (Å²) in [4.78, 5) is 18.4. The summed E-state index contributed by atoms with van der Waals surface area (Å²) < 4.78 is 6.35. The number of aryl methyl sites for hydroxylation is 1. The molecule has 10 nitrogen and oxygen atoms in total. The average Bonchev–Trinajstić information content (AvgIpc) is 3.32. The number of aromatic nitrogens is 4. The van der Waals surface area contributed by atoms with Gasteiger partial charge in [0.05, 0.1) is 34.4 Å². The maximum Gasteiger partial charge on any atom is 0.224 e. The van der Waals surface area contributed by atoms with Crippen molar-refractivity contribution in [3.8, 4) is 10.6 Å². The van der Waals surface area contributed by atoms with Gasteiger partial charge in [-0.05, 0) is 52.5 Å². The van der Waals surface area contributed by atoms with E-state index < -0.39 is 23.3 Å². The number of methoxy groups -OCH3 is 1. The van der Waals surface area contributed by atoms with Crippen LogP contribution >= 0.6 is 11.3 Å². The summed E-state index contributed by atoms with van der Waals surface area (Å²) in [5.74, 6) is 0.321. The molecule has 0 bridgehead atoms. The zero-order valence-electron chi connectivity index (χ0n) is 21.1. The van der Waals surface area contributed by atoms with E-state index >= 15 is 0 Å². The summed E-state index contributed by atoms with van der Waals surface area (Å²) in [6, 6.07) is 1.91. The third kappa shape index (κ3) is 4.78. The van der Waals surface area contributed by atoms with Crippen LogP contribution in [0.3, 0.4) is 0 Å². The van der Waals surface area contributed by atoms with E-state index in [4.69, 9.17) is 19.7 Å². The highest BCUT2D eigenvalue weighted by molar-refractivity contribution is 7.21. The molecular weight excluding hydrogens is 480 g/mol. The van der Waals surface area contributed by atoms with Crippen LogP contribution < -0.4 is 10.6 Å². The smallest absolute Gasteiger partial charge is 0.224 e. The van der Waals surface area contributed by atoms with Gasteiger partial charge in [-0.15, -0.1) is 11.3 Å². The molecule has 194 valence electrons. The number of nitrogens with one attached hydrogen (secondary N) is 2. The molecule has 0 amide bonds. The molecule has 0 aliphatic heterocycles. The molecule has 0 spiro atoms. The van der Waals surface area contributed by atoms with Crippen LogP contribution in [-0.4, -0.2) is 72.9 Å². The molecule has 3 aromatic heterocycles. The van der Waals surface area contributed by atoms with Crippen LogP contribution in [0.25, 0.3) is 20.8 Å². The number of hydrogen-bond acceptors (Lipinski definition) is 11. The minimum absolute atomic E-state index is 0.0953. The number of aliphatic hydroxyl groups excluding tert-OH is 1. The highest BCUT2D eigenvalue weighted by Crippen LogP contribution is 2.46. The number of ether oxygens (including phenoxy) is 1. The topological polar surface area (TPSA) is 146 Å². The van der Waals surface area contributed by atoms with Crippen LogP contribution in [0, 0.1) is 18.3 Å². The Morgan fingerprint density at radius 1 is 1.22 bits per heavy atom. The quantitative estimate of drug-likeness (QED) is 0.270. The Balaban J connectivity index is 1.52. The maximum atomic E-state index is 11.5. The Labute approximate surface area is 214 Å². The van der Waals surface area contributed by atoms with Crippen molar-refractivity contribution in [1.29, 1.82) is 0 Å². The first kappa shape index (κ1) is 25.2. The zero-order chi connectivity index (χ0) is 25.7. The fourth-order valence-corrected chi connectivity index (χ4v) is 6.13. The molecule has 36 heavy (non-hydrogen) atoms. The normalized spacial score (nSPS) is 25.3. The van der Waals surface area contributed by atoms with Crippen molar-refractivity contribution in [1.82, 2.24) is 19.9 Å². The van der Waals surface area contributed by atoms with Gasteiger partial charge in [-0.3, -0.25) is 4.98 Å². The van der Waals surface area contributed by atoms with Crippen molar-refractivity contribution in [3.63, 3.8) is 0 Å². The number of hydrogen-bond donors (Lipinski definition) is 5. The molecular formula is C25H34N6O4S. The van der Waals surface area contributed by atoms with E-state index in [1.165, 1.54) is 11.3 Å². The van der Waals surface area contributed by atoms with Crippen molar-refractivity contribution in [2.45, 2.75) is 63.9 Å². The summed E-state index contributed by atoms with van der Waals surface area (Å²) >= 11 is 1.49. The molecule has 3 atom stereocenters. The van der Waals surface area contributed by atoms with Gasteiger partial charge >= 0.3 is 0 Å². The monoisotopic (exact) mass is 514 g/mol. The number of nitrogens with zero attached hydrogens (tertiary/aromatic N) is 4. The Hall–Kier alpha value is -2.44. The number of rotatable bonds is 9. The predicted octanol–water partition coefficient (Wildman–Crippen LogP) is 2.94. The molecule has 2 saturated carbocycles. The second-order valence-corrected chi connectivity index (χ2v) is 11.8. The van der Waals surface area contributed by atoms with Gasteiger partial charge in [-0.1, -0.05) is 0 Å². The number of fused-ring (bicyclic) bond motifs is 1.